The Morgan fingerprint density at radius 3 is 2.43 bits per heavy atom. The number of benzene rings is 1. The van der Waals surface area contributed by atoms with Crippen LogP contribution in [0.25, 0.3) is 0 Å². The van der Waals surface area contributed by atoms with Gasteiger partial charge in [0.25, 0.3) is 5.91 Å². The lowest BCUT2D eigenvalue weighted by molar-refractivity contribution is -0.939. The summed E-state index contributed by atoms with van der Waals surface area (Å²) in [6, 6.07) is 12.0. The van der Waals surface area contributed by atoms with Gasteiger partial charge in [0.15, 0.2) is 12.6 Å². The van der Waals surface area contributed by atoms with Crippen LogP contribution < -0.4 is 4.90 Å². The molecule has 1 unspecified atom stereocenters. The van der Waals surface area contributed by atoms with Crippen LogP contribution in [0.4, 0.5) is 5.82 Å². The maximum absolute atomic E-state index is 13.9. The monoisotopic (exact) mass is 477 g/mol. The molecule has 4 fully saturated rings. The van der Waals surface area contributed by atoms with Crippen molar-refractivity contribution in [3.63, 3.8) is 0 Å². The number of rotatable bonds is 6. The van der Waals surface area contributed by atoms with Gasteiger partial charge in [0.1, 0.15) is 18.7 Å². The molecule has 0 N–H and O–H groups in total. The van der Waals surface area contributed by atoms with Crippen LogP contribution in [-0.4, -0.2) is 65.7 Å². The van der Waals surface area contributed by atoms with Crippen molar-refractivity contribution in [3.8, 4) is 0 Å². The van der Waals surface area contributed by atoms with Crippen molar-refractivity contribution in [1.29, 1.82) is 0 Å². The van der Waals surface area contributed by atoms with Crippen LogP contribution in [0.1, 0.15) is 56.9 Å². The lowest BCUT2D eigenvalue weighted by Gasteiger charge is -2.52. The number of anilines is 1. The number of esters is 1. The summed E-state index contributed by atoms with van der Waals surface area (Å²) < 4.78 is 7.13. The van der Waals surface area contributed by atoms with Crippen molar-refractivity contribution < 1.29 is 18.8 Å². The molecule has 7 nitrogen and oxygen atoms in total. The molecule has 35 heavy (non-hydrogen) atoms. The van der Waals surface area contributed by atoms with Crippen molar-refractivity contribution >= 4 is 17.7 Å². The van der Waals surface area contributed by atoms with E-state index in [1.54, 1.807) is 24.2 Å². The highest BCUT2D eigenvalue weighted by atomic mass is 16.5. The molecule has 3 saturated heterocycles. The lowest BCUT2D eigenvalue weighted by atomic mass is 9.74. The second-order valence-corrected chi connectivity index (χ2v) is 10.8. The number of fused-ring (bicyclic) bond motifs is 3. The first-order valence-electron chi connectivity index (χ1n) is 13.2. The van der Waals surface area contributed by atoms with E-state index in [4.69, 9.17) is 4.74 Å². The highest BCUT2D eigenvalue weighted by Gasteiger charge is 2.51. The van der Waals surface area contributed by atoms with Crippen LogP contribution in [-0.2, 0) is 19.7 Å². The number of hydrogen-bond acceptors (Lipinski definition) is 5. The van der Waals surface area contributed by atoms with E-state index >= 15 is 0 Å². The Morgan fingerprint density at radius 1 is 1.06 bits per heavy atom. The van der Waals surface area contributed by atoms with Gasteiger partial charge in [-0.15, -0.1) is 0 Å². The van der Waals surface area contributed by atoms with Crippen molar-refractivity contribution in [3.05, 3.63) is 54.5 Å². The van der Waals surface area contributed by atoms with E-state index in [2.05, 4.69) is 22.1 Å². The highest BCUT2D eigenvalue weighted by molar-refractivity contribution is 5.92. The predicted molar refractivity (Wildman–Crippen MR) is 134 cm³/mol. The number of aromatic nitrogens is 2. The van der Waals surface area contributed by atoms with Crippen molar-refractivity contribution in [1.82, 2.24) is 9.97 Å². The smallest absolute Gasteiger partial charge is 0.317 e. The number of likely N-dealkylation sites (N-methyl/N-ethyl adjacent to an activating group) is 1. The summed E-state index contributed by atoms with van der Waals surface area (Å²) in [5, 5.41) is 0. The Bertz CT molecular complexity index is 1010. The quantitative estimate of drug-likeness (QED) is 0.359. The second-order valence-electron chi connectivity index (χ2n) is 10.8. The molecule has 4 heterocycles. The van der Waals surface area contributed by atoms with Gasteiger partial charge < -0.3 is 9.22 Å². The van der Waals surface area contributed by atoms with Crippen molar-refractivity contribution in [2.75, 3.05) is 38.1 Å². The summed E-state index contributed by atoms with van der Waals surface area (Å²) in [6.07, 6.45) is 11.2. The molecule has 1 aliphatic carbocycles. The minimum atomic E-state index is -0.544. The van der Waals surface area contributed by atoms with Crippen LogP contribution in [0, 0.1) is 5.92 Å². The van der Waals surface area contributed by atoms with E-state index in [0.717, 1.165) is 63.7 Å². The van der Waals surface area contributed by atoms with E-state index in [0.29, 0.717) is 22.8 Å². The van der Waals surface area contributed by atoms with Gasteiger partial charge in [-0.1, -0.05) is 56.0 Å². The largest absolute Gasteiger partial charge is 0.455 e. The third kappa shape index (κ3) is 4.83. The molecule has 0 radical (unpaired) electrons. The molecule has 1 aromatic carbocycles. The van der Waals surface area contributed by atoms with E-state index < -0.39 is 5.41 Å². The molecular formula is C28H37N4O3+. The number of ether oxygens (including phenoxy) is 1. The van der Waals surface area contributed by atoms with Crippen LogP contribution >= 0.6 is 0 Å². The van der Waals surface area contributed by atoms with E-state index in [-0.39, 0.29) is 18.0 Å². The van der Waals surface area contributed by atoms with E-state index in [1.807, 2.05) is 18.2 Å². The van der Waals surface area contributed by atoms with Crippen molar-refractivity contribution in [2.24, 2.45) is 5.92 Å². The fourth-order valence-corrected chi connectivity index (χ4v) is 6.53. The topological polar surface area (TPSA) is 72.4 Å². The zero-order chi connectivity index (χ0) is 24.3. The standard InChI is InChI=1S/C28H37N4O3/c1-31(25-11-16-29-21-30-25)26(33)20-32-17-12-22(13-18-32)24(19-32)35-27(34)28(14-7-2-3-8-15-28)23-9-5-4-6-10-23/h4-6,9-11,16,21-22,24H,2-3,7-8,12-15,17-20H2,1H3/q+1. The first kappa shape index (κ1) is 23.9. The number of piperidine rings is 3. The van der Waals surface area contributed by atoms with Crippen LogP contribution in [0.2, 0.25) is 0 Å². The second kappa shape index (κ2) is 10.1. The normalized spacial score (nSPS) is 27.6. The Labute approximate surface area is 208 Å². The fraction of sp³-hybridized carbons (Fsp3) is 0.571. The molecule has 7 heteroatoms. The summed E-state index contributed by atoms with van der Waals surface area (Å²) in [5.74, 6) is 0.995. The minimum absolute atomic E-state index is 0.0404. The van der Waals surface area contributed by atoms with Gasteiger partial charge in [-0.25, -0.2) is 9.97 Å². The number of carbonyl (C=O) groups is 2. The fourth-order valence-electron chi connectivity index (χ4n) is 6.53. The van der Waals surface area contributed by atoms with Gasteiger partial charge in [0, 0.05) is 32.0 Å². The molecule has 6 rings (SSSR count). The summed E-state index contributed by atoms with van der Waals surface area (Å²) in [7, 11) is 1.77. The molecule has 1 amide bonds. The van der Waals surface area contributed by atoms with Gasteiger partial charge in [-0.2, -0.15) is 0 Å². The number of amides is 1. The Hall–Kier alpha value is -2.80. The highest BCUT2D eigenvalue weighted by Crippen LogP contribution is 2.42. The molecule has 3 aliphatic heterocycles. The summed E-state index contributed by atoms with van der Waals surface area (Å²) in [5.41, 5.74) is 0.552. The number of quaternary nitrogens is 1. The number of carbonyl (C=O) groups excluding carboxylic acids is 2. The minimum Gasteiger partial charge on any atom is -0.455 e. The maximum Gasteiger partial charge on any atom is 0.317 e. The average Bonchev–Trinajstić information content (AvgIpc) is 3.17. The SMILES string of the molecule is CN(C(=O)C[N+]12CCC(CC1)C(OC(=O)C1(c3ccccc3)CCCCCC1)C2)c1ccncn1. The average molecular weight is 478 g/mol. The van der Waals surface area contributed by atoms with Crippen molar-refractivity contribution in [2.45, 2.75) is 62.9 Å². The first-order valence-corrected chi connectivity index (χ1v) is 13.2. The van der Waals surface area contributed by atoms with Gasteiger partial charge in [0.2, 0.25) is 0 Å². The lowest BCUT2D eigenvalue weighted by Crippen LogP contribution is -2.67. The Kier molecular flexibility index (Phi) is 6.87. The molecule has 1 aromatic heterocycles. The molecule has 4 aliphatic rings. The molecule has 2 aromatic rings. The predicted octanol–water partition coefficient (Wildman–Crippen LogP) is 3.88. The first-order chi connectivity index (χ1) is 17.0. The molecule has 1 atom stereocenters. The van der Waals surface area contributed by atoms with Crippen LogP contribution in [0.15, 0.2) is 48.9 Å². The summed E-state index contributed by atoms with van der Waals surface area (Å²) >= 11 is 0. The summed E-state index contributed by atoms with van der Waals surface area (Å²) in [4.78, 5) is 36.9. The van der Waals surface area contributed by atoms with Gasteiger partial charge in [0.05, 0.1) is 18.5 Å². The third-order valence-corrected chi connectivity index (χ3v) is 8.73. The zero-order valence-electron chi connectivity index (χ0n) is 20.8. The molecule has 1 saturated carbocycles. The molecule has 0 spiro atoms. The molecular weight excluding hydrogens is 440 g/mol. The Balaban J connectivity index is 1.31. The van der Waals surface area contributed by atoms with Crippen LogP contribution in [0.3, 0.4) is 0 Å². The number of nitrogens with zero attached hydrogens (tertiary/aromatic N) is 4. The molecule has 186 valence electrons. The Morgan fingerprint density at radius 2 is 1.77 bits per heavy atom. The van der Waals surface area contributed by atoms with Gasteiger partial charge in [-0.05, 0) is 24.5 Å². The van der Waals surface area contributed by atoms with E-state index in [9.17, 15) is 9.59 Å². The number of hydrogen-bond donors (Lipinski definition) is 0. The van der Waals surface area contributed by atoms with Gasteiger partial charge >= 0.3 is 5.97 Å². The maximum atomic E-state index is 13.9. The molecule has 2 bridgehead atoms. The van der Waals surface area contributed by atoms with E-state index in [1.165, 1.54) is 19.2 Å². The zero-order valence-corrected chi connectivity index (χ0v) is 20.8. The third-order valence-electron chi connectivity index (χ3n) is 8.73. The van der Waals surface area contributed by atoms with Crippen LogP contribution in [0.5, 0.6) is 0 Å². The summed E-state index contributed by atoms with van der Waals surface area (Å²) in [6.45, 7) is 3.06. The van der Waals surface area contributed by atoms with Gasteiger partial charge in [-0.3, -0.25) is 14.5 Å².